The molecule has 0 saturated heterocycles. The topological polar surface area (TPSA) is 67.4 Å². The van der Waals surface area contributed by atoms with Crippen LogP contribution in [0, 0.1) is 19.3 Å². The molecule has 0 fully saturated rings. The quantitative estimate of drug-likeness (QED) is 0.471. The molecule has 168 valence electrons. The number of amides is 2. The third kappa shape index (κ3) is 7.12. The Morgan fingerprint density at radius 2 is 1.55 bits per heavy atom. The van der Waals surface area contributed by atoms with E-state index in [-0.39, 0.29) is 17.2 Å². The fourth-order valence-corrected chi connectivity index (χ4v) is 3.15. The molecule has 31 heavy (non-hydrogen) atoms. The number of nitrogens with one attached hydrogen (secondary N) is 2. The molecule has 0 aliphatic rings. The molecule has 2 N–H and O–H groups in total. The Morgan fingerprint density at radius 3 is 2.16 bits per heavy atom. The van der Waals surface area contributed by atoms with Crippen LogP contribution in [-0.4, -0.2) is 18.4 Å². The van der Waals surface area contributed by atoms with E-state index in [1.165, 1.54) is 0 Å². The van der Waals surface area contributed by atoms with E-state index in [0.29, 0.717) is 18.6 Å². The van der Waals surface area contributed by atoms with Crippen LogP contribution in [0.3, 0.4) is 0 Å². The van der Waals surface area contributed by atoms with Crippen molar-refractivity contribution < 1.29 is 14.3 Å². The Hall–Kier alpha value is -2.82. The van der Waals surface area contributed by atoms with E-state index < -0.39 is 5.41 Å². The van der Waals surface area contributed by atoms with Crippen LogP contribution in [-0.2, 0) is 10.2 Å². The maximum absolute atomic E-state index is 12.6. The van der Waals surface area contributed by atoms with Crippen LogP contribution in [0.4, 0.5) is 0 Å². The third-order valence-corrected chi connectivity index (χ3v) is 5.46. The number of hydrogen-bond acceptors (Lipinski definition) is 3. The second kappa shape index (κ2) is 9.99. The summed E-state index contributed by atoms with van der Waals surface area (Å²) in [4.78, 5) is 25.0. The van der Waals surface area contributed by atoms with Crippen molar-refractivity contribution in [1.29, 1.82) is 0 Å². The van der Waals surface area contributed by atoms with Gasteiger partial charge in [-0.2, -0.15) is 0 Å². The lowest BCUT2D eigenvalue weighted by molar-refractivity contribution is -0.130. The summed E-state index contributed by atoms with van der Waals surface area (Å²) in [6, 6.07) is 13.6. The first-order valence-electron chi connectivity index (χ1n) is 10.8. The average Bonchev–Trinajstić information content (AvgIpc) is 2.71. The van der Waals surface area contributed by atoms with Gasteiger partial charge in [0.05, 0.1) is 6.61 Å². The van der Waals surface area contributed by atoms with Crippen molar-refractivity contribution in [1.82, 2.24) is 10.9 Å². The van der Waals surface area contributed by atoms with E-state index in [4.69, 9.17) is 4.74 Å². The van der Waals surface area contributed by atoms with Crippen LogP contribution in [0.1, 0.15) is 74.5 Å². The molecule has 0 atom stereocenters. The minimum atomic E-state index is -0.631. The van der Waals surface area contributed by atoms with Crippen molar-refractivity contribution in [3.8, 4) is 5.75 Å². The second-order valence-electron chi connectivity index (χ2n) is 9.84. The van der Waals surface area contributed by atoms with Gasteiger partial charge in [0.1, 0.15) is 5.75 Å². The number of benzene rings is 2. The van der Waals surface area contributed by atoms with Crippen LogP contribution in [0.5, 0.6) is 5.75 Å². The first-order valence-corrected chi connectivity index (χ1v) is 10.8. The first-order chi connectivity index (χ1) is 14.4. The molecule has 0 bridgehead atoms. The fourth-order valence-electron chi connectivity index (χ4n) is 3.15. The van der Waals surface area contributed by atoms with Gasteiger partial charge in [-0.25, -0.2) is 0 Å². The summed E-state index contributed by atoms with van der Waals surface area (Å²) in [6.45, 7) is 14.7. The van der Waals surface area contributed by atoms with E-state index in [1.54, 1.807) is 12.1 Å². The number of aryl methyl sites for hydroxylation is 2. The number of hydrogen-bond donors (Lipinski definition) is 2. The number of carbonyl (C=O) groups is 2. The predicted octanol–water partition coefficient (Wildman–Crippen LogP) is 5.25. The van der Waals surface area contributed by atoms with Crippen molar-refractivity contribution in [3.05, 3.63) is 64.7 Å². The summed E-state index contributed by atoms with van der Waals surface area (Å²) in [6.07, 6.45) is 1.37. The minimum Gasteiger partial charge on any atom is -0.493 e. The largest absolute Gasteiger partial charge is 0.493 e. The summed E-state index contributed by atoms with van der Waals surface area (Å²) in [5.74, 6) is 0.328. The lowest BCUT2D eigenvalue weighted by Crippen LogP contribution is -2.47. The molecule has 0 aliphatic heterocycles. The zero-order valence-electron chi connectivity index (χ0n) is 19.9. The van der Waals surface area contributed by atoms with E-state index >= 15 is 0 Å². The van der Waals surface area contributed by atoms with Crippen molar-refractivity contribution >= 4 is 11.8 Å². The highest BCUT2D eigenvalue weighted by atomic mass is 16.5. The number of carbonyl (C=O) groups excluding carboxylic acids is 2. The van der Waals surface area contributed by atoms with Gasteiger partial charge in [0.2, 0.25) is 5.91 Å². The Morgan fingerprint density at radius 1 is 0.903 bits per heavy atom. The molecule has 2 amide bonds. The van der Waals surface area contributed by atoms with Crippen LogP contribution in [0.15, 0.2) is 42.5 Å². The molecule has 5 heteroatoms. The molecule has 5 nitrogen and oxygen atoms in total. The van der Waals surface area contributed by atoms with E-state index in [1.807, 2.05) is 52.0 Å². The van der Waals surface area contributed by atoms with E-state index in [9.17, 15) is 9.59 Å². The van der Waals surface area contributed by atoms with Crippen molar-refractivity contribution in [2.75, 3.05) is 6.61 Å². The molecule has 2 aromatic rings. The molecule has 0 aromatic heterocycles. The van der Waals surface area contributed by atoms with Crippen molar-refractivity contribution in [2.24, 2.45) is 5.41 Å². The molecule has 0 saturated carbocycles. The summed E-state index contributed by atoms with van der Waals surface area (Å²) in [7, 11) is 0. The lowest BCUT2D eigenvalue weighted by atomic mass is 9.86. The van der Waals surface area contributed by atoms with Gasteiger partial charge in [0.25, 0.3) is 5.91 Å². The Kier molecular flexibility index (Phi) is 7.88. The molecule has 0 radical (unpaired) electrons. The normalized spacial score (nSPS) is 11.7. The number of hydrazine groups is 1. The SMILES string of the molecule is Cc1ccc(C)c(OCCCC(C)(C)C(=O)NNC(=O)c2ccc(C(C)(C)C)cc2)c1. The van der Waals surface area contributed by atoms with Crippen LogP contribution in [0.2, 0.25) is 0 Å². The molecule has 2 rings (SSSR count). The third-order valence-electron chi connectivity index (χ3n) is 5.46. The zero-order valence-corrected chi connectivity index (χ0v) is 19.9. The predicted molar refractivity (Wildman–Crippen MR) is 125 cm³/mol. The molecular weight excluding hydrogens is 388 g/mol. The zero-order chi connectivity index (χ0) is 23.2. The first kappa shape index (κ1) is 24.4. The molecule has 0 spiro atoms. The summed E-state index contributed by atoms with van der Waals surface area (Å²) in [5.41, 5.74) is 8.39. The van der Waals surface area contributed by atoms with Gasteiger partial charge >= 0.3 is 0 Å². The minimum absolute atomic E-state index is 0.0228. The average molecular weight is 425 g/mol. The van der Waals surface area contributed by atoms with Crippen LogP contribution >= 0.6 is 0 Å². The fraction of sp³-hybridized carbons (Fsp3) is 0.462. The monoisotopic (exact) mass is 424 g/mol. The van der Waals surface area contributed by atoms with Crippen LogP contribution in [0.25, 0.3) is 0 Å². The van der Waals surface area contributed by atoms with Gasteiger partial charge in [-0.15, -0.1) is 0 Å². The molecule has 0 aliphatic carbocycles. The summed E-state index contributed by atoms with van der Waals surface area (Å²) in [5, 5.41) is 0. The smallest absolute Gasteiger partial charge is 0.269 e. The Balaban J connectivity index is 1.80. The maximum Gasteiger partial charge on any atom is 0.269 e. The van der Waals surface area contributed by atoms with E-state index in [0.717, 1.165) is 28.9 Å². The maximum atomic E-state index is 12.6. The second-order valence-corrected chi connectivity index (χ2v) is 9.84. The Labute approximate surface area is 186 Å². The highest BCUT2D eigenvalue weighted by Crippen LogP contribution is 2.24. The van der Waals surface area contributed by atoms with Gasteiger partial charge in [0.15, 0.2) is 0 Å². The molecule has 2 aromatic carbocycles. The van der Waals surface area contributed by atoms with E-state index in [2.05, 4.69) is 37.7 Å². The van der Waals surface area contributed by atoms with Crippen LogP contribution < -0.4 is 15.6 Å². The van der Waals surface area contributed by atoms with Gasteiger partial charge in [-0.05, 0) is 67.0 Å². The standard InChI is InChI=1S/C26H36N2O3/c1-18-9-10-19(2)22(17-18)31-16-8-15-26(6,7)24(30)28-27-23(29)20-11-13-21(14-12-20)25(3,4)5/h9-14,17H,8,15-16H2,1-7H3,(H,27,29)(H,28,30). The number of rotatable bonds is 7. The molecule has 0 unspecified atom stereocenters. The Bertz CT molecular complexity index is 909. The molecule has 0 heterocycles. The van der Waals surface area contributed by atoms with Gasteiger partial charge < -0.3 is 4.74 Å². The van der Waals surface area contributed by atoms with Gasteiger partial charge in [-0.1, -0.05) is 58.9 Å². The molecular formula is C26H36N2O3. The van der Waals surface area contributed by atoms with Crippen molar-refractivity contribution in [3.63, 3.8) is 0 Å². The highest BCUT2D eigenvalue weighted by molar-refractivity contribution is 5.95. The number of ether oxygens (including phenoxy) is 1. The summed E-state index contributed by atoms with van der Waals surface area (Å²) < 4.78 is 5.88. The van der Waals surface area contributed by atoms with Gasteiger partial charge in [0, 0.05) is 11.0 Å². The lowest BCUT2D eigenvalue weighted by Gasteiger charge is -2.24. The highest BCUT2D eigenvalue weighted by Gasteiger charge is 2.27. The van der Waals surface area contributed by atoms with Gasteiger partial charge in [-0.3, -0.25) is 20.4 Å². The summed E-state index contributed by atoms with van der Waals surface area (Å²) >= 11 is 0. The van der Waals surface area contributed by atoms with Crippen molar-refractivity contribution in [2.45, 2.75) is 66.7 Å².